The van der Waals surface area contributed by atoms with Crippen molar-refractivity contribution in [3.8, 4) is 0 Å². The number of hydrogen-bond acceptors (Lipinski definition) is 5. The average molecular weight is 317 g/mol. The van der Waals surface area contributed by atoms with Crippen molar-refractivity contribution < 1.29 is 19.4 Å². The van der Waals surface area contributed by atoms with Gasteiger partial charge in [0.25, 0.3) is 0 Å². The van der Waals surface area contributed by atoms with Crippen molar-refractivity contribution in [2.24, 2.45) is 5.92 Å². The van der Waals surface area contributed by atoms with Crippen LogP contribution < -0.4 is 0 Å². The number of rotatable bonds is 7. The first kappa shape index (κ1) is 17.4. The number of benzene rings is 1. The fourth-order valence-electron chi connectivity index (χ4n) is 2.13. The van der Waals surface area contributed by atoms with Crippen LogP contribution in [-0.4, -0.2) is 28.6 Å². The first-order chi connectivity index (χ1) is 10.9. The van der Waals surface area contributed by atoms with Crippen molar-refractivity contribution in [1.29, 1.82) is 0 Å². The second-order valence-corrected chi connectivity index (χ2v) is 5.85. The Hall–Kier alpha value is -1.98. The highest BCUT2D eigenvalue weighted by molar-refractivity contribution is 5.78. The van der Waals surface area contributed by atoms with Crippen LogP contribution in [0.2, 0.25) is 0 Å². The van der Waals surface area contributed by atoms with E-state index in [1.165, 1.54) is 0 Å². The number of aromatic nitrogens is 1. The van der Waals surface area contributed by atoms with Crippen molar-refractivity contribution in [2.45, 2.75) is 39.4 Å². The van der Waals surface area contributed by atoms with E-state index in [1.54, 1.807) is 13.8 Å². The van der Waals surface area contributed by atoms with Crippen molar-refractivity contribution in [3.05, 3.63) is 42.1 Å². The van der Waals surface area contributed by atoms with E-state index in [1.807, 2.05) is 43.3 Å². The number of esters is 1. The number of hydrogen-bond donors (Lipinski definition) is 1. The molecule has 5 nitrogen and oxygen atoms in total. The smallest absolute Gasteiger partial charge is 0.310 e. The predicted molar refractivity (Wildman–Crippen MR) is 87.6 cm³/mol. The molecule has 1 aromatic heterocycles. The van der Waals surface area contributed by atoms with E-state index in [4.69, 9.17) is 9.47 Å². The van der Waals surface area contributed by atoms with E-state index in [0.29, 0.717) is 6.42 Å². The second-order valence-electron chi connectivity index (χ2n) is 5.85. The van der Waals surface area contributed by atoms with Crippen molar-refractivity contribution in [1.82, 2.24) is 4.98 Å². The summed E-state index contributed by atoms with van der Waals surface area (Å²) in [4.78, 5) is 16.0. The Labute approximate surface area is 136 Å². The fourth-order valence-corrected chi connectivity index (χ4v) is 2.13. The molecule has 2 rings (SSSR count). The molecule has 1 aromatic carbocycles. The third-order valence-electron chi connectivity index (χ3n) is 3.67. The van der Waals surface area contributed by atoms with Crippen molar-refractivity contribution >= 4 is 16.9 Å². The summed E-state index contributed by atoms with van der Waals surface area (Å²) in [5.74, 6) is -1.99. The van der Waals surface area contributed by atoms with Gasteiger partial charge in [-0.3, -0.25) is 9.78 Å². The van der Waals surface area contributed by atoms with Crippen LogP contribution >= 0.6 is 0 Å². The molecule has 1 heterocycles. The van der Waals surface area contributed by atoms with Gasteiger partial charge in [0, 0.05) is 17.5 Å². The number of aliphatic hydroxyl groups is 1. The maximum atomic E-state index is 11.4. The van der Waals surface area contributed by atoms with E-state index in [9.17, 15) is 9.90 Å². The standard InChI is InChI=1S/C18H23NO4/c1-4-18(21,23-12-22-17(20)13(2)3)11-15-10-9-14-7-5-6-8-16(14)19-15/h5-10,13,21H,4,11-12H2,1-3H3. The number of nitrogens with zero attached hydrogens (tertiary/aromatic N) is 1. The van der Waals surface area contributed by atoms with Crippen molar-refractivity contribution in [2.75, 3.05) is 6.79 Å². The van der Waals surface area contributed by atoms with Gasteiger partial charge in [-0.25, -0.2) is 0 Å². The maximum absolute atomic E-state index is 11.4. The van der Waals surface area contributed by atoms with E-state index in [0.717, 1.165) is 16.6 Å². The van der Waals surface area contributed by atoms with Gasteiger partial charge in [0.05, 0.1) is 11.4 Å². The zero-order valence-corrected chi connectivity index (χ0v) is 13.8. The molecule has 0 aliphatic heterocycles. The number of ether oxygens (including phenoxy) is 2. The number of pyridine rings is 1. The van der Waals surface area contributed by atoms with Crippen LogP contribution in [0.25, 0.3) is 10.9 Å². The molecule has 1 unspecified atom stereocenters. The summed E-state index contributed by atoms with van der Waals surface area (Å²) in [6.45, 7) is 5.03. The summed E-state index contributed by atoms with van der Waals surface area (Å²) in [6, 6.07) is 11.6. The van der Waals surface area contributed by atoms with Crippen molar-refractivity contribution in [3.63, 3.8) is 0 Å². The lowest BCUT2D eigenvalue weighted by molar-refractivity contribution is -0.246. The normalized spacial score (nSPS) is 14.0. The summed E-state index contributed by atoms with van der Waals surface area (Å²) in [6.07, 6.45) is 0.592. The first-order valence-electron chi connectivity index (χ1n) is 7.81. The number of carbonyl (C=O) groups excluding carboxylic acids is 1. The third-order valence-corrected chi connectivity index (χ3v) is 3.67. The quantitative estimate of drug-likeness (QED) is 0.628. The SMILES string of the molecule is CCC(O)(Cc1ccc2ccccc2n1)OCOC(=O)C(C)C. The molecule has 0 radical (unpaired) electrons. The summed E-state index contributed by atoms with van der Waals surface area (Å²) in [5.41, 5.74) is 1.60. The molecule has 0 bridgehead atoms. The molecule has 1 atom stereocenters. The monoisotopic (exact) mass is 317 g/mol. The topological polar surface area (TPSA) is 68.7 Å². The van der Waals surface area contributed by atoms with Gasteiger partial charge in [-0.2, -0.15) is 0 Å². The summed E-state index contributed by atoms with van der Waals surface area (Å²) < 4.78 is 10.4. The van der Waals surface area contributed by atoms with Crippen LogP contribution in [0.4, 0.5) is 0 Å². The van der Waals surface area contributed by atoms with Gasteiger partial charge in [-0.15, -0.1) is 0 Å². The van der Waals surface area contributed by atoms with Gasteiger partial charge in [-0.05, 0) is 18.6 Å². The Bertz CT molecular complexity index is 671. The molecular formula is C18H23NO4. The minimum Gasteiger partial charge on any atom is -0.438 e. The third kappa shape index (κ3) is 4.74. The molecule has 0 saturated carbocycles. The molecule has 0 aliphatic carbocycles. The molecule has 5 heteroatoms. The lowest BCUT2D eigenvalue weighted by Crippen LogP contribution is -2.36. The van der Waals surface area contributed by atoms with Crippen LogP contribution in [0.5, 0.6) is 0 Å². The minimum atomic E-state index is -1.41. The zero-order chi connectivity index (χ0) is 16.9. The molecule has 0 amide bonds. The molecule has 124 valence electrons. The van der Waals surface area contributed by atoms with Crippen LogP contribution in [0.15, 0.2) is 36.4 Å². The van der Waals surface area contributed by atoms with Crippen LogP contribution in [0, 0.1) is 5.92 Å². The zero-order valence-electron chi connectivity index (χ0n) is 13.8. The van der Waals surface area contributed by atoms with Gasteiger partial charge in [-0.1, -0.05) is 45.0 Å². The van der Waals surface area contributed by atoms with Crippen LogP contribution in [0.1, 0.15) is 32.9 Å². The minimum absolute atomic E-state index is 0.226. The summed E-state index contributed by atoms with van der Waals surface area (Å²) >= 11 is 0. The average Bonchev–Trinajstić information content (AvgIpc) is 2.54. The van der Waals surface area contributed by atoms with Gasteiger partial charge >= 0.3 is 5.97 Å². The van der Waals surface area contributed by atoms with Gasteiger partial charge < -0.3 is 14.6 Å². The van der Waals surface area contributed by atoms with E-state index < -0.39 is 5.79 Å². The number of fused-ring (bicyclic) bond motifs is 1. The lowest BCUT2D eigenvalue weighted by Gasteiger charge is -2.26. The molecule has 0 fully saturated rings. The van der Waals surface area contributed by atoms with Crippen LogP contribution in [0.3, 0.4) is 0 Å². The molecule has 1 N–H and O–H groups in total. The van der Waals surface area contributed by atoms with E-state index >= 15 is 0 Å². The molecular weight excluding hydrogens is 294 g/mol. The highest BCUT2D eigenvalue weighted by Crippen LogP contribution is 2.20. The van der Waals surface area contributed by atoms with E-state index in [2.05, 4.69) is 4.98 Å². The Morgan fingerprint density at radius 3 is 2.70 bits per heavy atom. The fraction of sp³-hybridized carbons (Fsp3) is 0.444. The highest BCUT2D eigenvalue weighted by Gasteiger charge is 2.27. The summed E-state index contributed by atoms with van der Waals surface area (Å²) in [7, 11) is 0. The second kappa shape index (κ2) is 7.53. The largest absolute Gasteiger partial charge is 0.438 e. The molecule has 23 heavy (non-hydrogen) atoms. The van der Waals surface area contributed by atoms with Gasteiger partial charge in [0.1, 0.15) is 0 Å². The maximum Gasteiger partial charge on any atom is 0.310 e. The highest BCUT2D eigenvalue weighted by atomic mass is 16.7. The lowest BCUT2D eigenvalue weighted by atomic mass is 10.1. The summed E-state index contributed by atoms with van der Waals surface area (Å²) in [5, 5.41) is 11.6. The van der Waals surface area contributed by atoms with Gasteiger partial charge in [0.15, 0.2) is 12.6 Å². The Kier molecular flexibility index (Phi) is 5.69. The number of para-hydroxylation sites is 1. The van der Waals surface area contributed by atoms with Gasteiger partial charge in [0.2, 0.25) is 0 Å². The Morgan fingerprint density at radius 1 is 1.26 bits per heavy atom. The number of carbonyl (C=O) groups is 1. The Morgan fingerprint density at radius 2 is 2.00 bits per heavy atom. The first-order valence-corrected chi connectivity index (χ1v) is 7.81. The van der Waals surface area contributed by atoms with Crippen LogP contribution in [-0.2, 0) is 20.7 Å². The molecule has 0 spiro atoms. The Balaban J connectivity index is 2.02. The van der Waals surface area contributed by atoms with E-state index in [-0.39, 0.29) is 25.1 Å². The molecule has 2 aromatic rings. The molecule has 0 saturated heterocycles. The predicted octanol–water partition coefficient (Wildman–Crippen LogP) is 3.05. The molecule has 0 aliphatic rings.